The van der Waals surface area contributed by atoms with Crippen LogP contribution in [0.15, 0.2) is 48.9 Å². The van der Waals surface area contributed by atoms with Crippen LogP contribution in [-0.2, 0) is 11.2 Å². The van der Waals surface area contributed by atoms with Crippen molar-refractivity contribution in [3.63, 3.8) is 0 Å². The van der Waals surface area contributed by atoms with Gasteiger partial charge in [0, 0.05) is 59.4 Å². The molecule has 0 aliphatic heterocycles. The number of hydrogen-bond acceptors (Lipinski definition) is 5. The van der Waals surface area contributed by atoms with Crippen molar-refractivity contribution in [1.82, 2.24) is 19.4 Å². The normalized spacial score (nSPS) is 22.4. The molecule has 190 valence electrons. The van der Waals surface area contributed by atoms with Crippen molar-refractivity contribution in [3.8, 4) is 16.9 Å². The number of carbonyl (C=O) groups is 1. The first-order valence-corrected chi connectivity index (χ1v) is 12.0. The van der Waals surface area contributed by atoms with E-state index in [4.69, 9.17) is 0 Å². The van der Waals surface area contributed by atoms with E-state index in [1.165, 1.54) is 12.1 Å². The summed E-state index contributed by atoms with van der Waals surface area (Å²) in [7, 11) is 0. The van der Waals surface area contributed by atoms with Gasteiger partial charge in [-0.3, -0.25) is 4.79 Å². The maximum atomic E-state index is 15.1. The lowest BCUT2D eigenvalue weighted by Gasteiger charge is -2.13. The first kappa shape index (κ1) is 23.4. The molecule has 0 spiro atoms. The Hall–Kier alpha value is -3.95. The Bertz CT molecular complexity index is 1490. The molecule has 3 aromatic heterocycles. The predicted octanol–water partition coefficient (Wildman–Crippen LogP) is 5.26. The Morgan fingerprint density at radius 3 is 2.57 bits per heavy atom. The van der Waals surface area contributed by atoms with Crippen molar-refractivity contribution in [2.24, 2.45) is 17.8 Å². The highest BCUT2D eigenvalue weighted by Crippen LogP contribution is 2.61. The topological polar surface area (TPSA) is 89.6 Å². The highest BCUT2D eigenvalue weighted by Gasteiger charge is 2.60. The molecule has 0 radical (unpaired) electrons. The van der Waals surface area contributed by atoms with E-state index in [-0.39, 0.29) is 41.4 Å². The zero-order valence-electron chi connectivity index (χ0n) is 19.8. The first-order chi connectivity index (χ1) is 17.8. The highest BCUT2D eigenvalue weighted by atomic mass is 19.3. The van der Waals surface area contributed by atoms with E-state index >= 15 is 4.39 Å². The van der Waals surface area contributed by atoms with Crippen LogP contribution in [0, 0.1) is 30.5 Å². The second-order valence-corrected chi connectivity index (χ2v) is 9.76. The Morgan fingerprint density at radius 1 is 1.19 bits per heavy atom. The third kappa shape index (κ3) is 4.20. The fraction of sp³-hybridized carbons (Fsp3) is 0.333. The minimum atomic E-state index is -2.94. The fourth-order valence-electron chi connectivity index (χ4n) is 5.80. The molecule has 0 amide bonds. The van der Waals surface area contributed by atoms with Crippen molar-refractivity contribution in [2.75, 3.05) is 0 Å². The van der Waals surface area contributed by atoms with Crippen LogP contribution in [0.5, 0.6) is 5.75 Å². The number of aryl methyl sites for hydroxylation is 1. The van der Waals surface area contributed by atoms with Crippen LogP contribution < -0.4 is 4.74 Å². The molecular formula is C27H23F3N4O3. The number of alkyl halides is 2. The Labute approximate surface area is 210 Å². The minimum Gasteiger partial charge on any atom is -0.481 e. The van der Waals surface area contributed by atoms with Crippen LogP contribution in [0.4, 0.5) is 13.2 Å². The average molecular weight is 509 g/mol. The van der Waals surface area contributed by atoms with Gasteiger partial charge in [0.25, 0.3) is 0 Å². The molecule has 1 aromatic carbocycles. The van der Waals surface area contributed by atoms with Crippen LogP contribution in [0.3, 0.4) is 0 Å². The Morgan fingerprint density at radius 2 is 1.89 bits per heavy atom. The largest absolute Gasteiger partial charge is 0.481 e. The molecule has 2 saturated carbocycles. The lowest BCUT2D eigenvalue weighted by atomic mass is 9.99. The standard InChI is InChI=1S/C27H23F3N4O3/c1-13-21(8-14-4-2-3-5-22(14)37-27(29)30)34-12-19(20(28)9-23(34)33-13)16-10-31-25(32-11-16)15-6-17-18(7-15)24(17)26(35)36/h2-5,9-12,15,17-18,24,27H,6-8H2,1H3,(H,35,36)/t15?,17-,18+,24+. The van der Waals surface area contributed by atoms with Gasteiger partial charge in [0.2, 0.25) is 0 Å². The number of halogens is 3. The van der Waals surface area contributed by atoms with Crippen molar-refractivity contribution in [1.29, 1.82) is 0 Å². The van der Waals surface area contributed by atoms with Crippen LogP contribution in [-0.4, -0.2) is 37.0 Å². The third-order valence-corrected chi connectivity index (χ3v) is 7.63. The van der Waals surface area contributed by atoms with Crippen LogP contribution in [0.1, 0.15) is 41.5 Å². The summed E-state index contributed by atoms with van der Waals surface area (Å²) in [6.07, 6.45) is 6.57. The number of pyridine rings is 1. The average Bonchev–Trinajstić information content (AvgIpc) is 3.22. The summed E-state index contributed by atoms with van der Waals surface area (Å²) in [5.41, 5.74) is 3.11. The number of imidazole rings is 1. The quantitative estimate of drug-likeness (QED) is 0.367. The number of benzene rings is 1. The van der Waals surface area contributed by atoms with E-state index in [1.807, 2.05) is 0 Å². The first-order valence-electron chi connectivity index (χ1n) is 12.0. The van der Waals surface area contributed by atoms with Crippen molar-refractivity contribution in [2.45, 2.75) is 38.7 Å². The second kappa shape index (κ2) is 8.86. The summed E-state index contributed by atoms with van der Waals surface area (Å²) in [5.74, 6) is -0.199. The molecule has 3 heterocycles. The number of para-hydroxylation sites is 1. The van der Waals surface area contributed by atoms with Gasteiger partial charge in [-0.1, -0.05) is 18.2 Å². The predicted molar refractivity (Wildman–Crippen MR) is 127 cm³/mol. The molecule has 6 rings (SSSR count). The van der Waals surface area contributed by atoms with Crippen LogP contribution in [0.25, 0.3) is 16.8 Å². The van der Waals surface area contributed by atoms with Gasteiger partial charge >= 0.3 is 12.6 Å². The molecule has 1 unspecified atom stereocenters. The zero-order chi connectivity index (χ0) is 25.8. The number of nitrogens with zero attached hydrogens (tertiary/aromatic N) is 4. The van der Waals surface area contributed by atoms with Crippen molar-refractivity contribution >= 4 is 11.6 Å². The van der Waals surface area contributed by atoms with Crippen molar-refractivity contribution in [3.05, 3.63) is 77.5 Å². The highest BCUT2D eigenvalue weighted by molar-refractivity contribution is 5.74. The zero-order valence-corrected chi connectivity index (χ0v) is 19.8. The molecule has 0 saturated heterocycles. The number of ether oxygens (including phenoxy) is 1. The molecule has 7 nitrogen and oxygen atoms in total. The van der Waals surface area contributed by atoms with E-state index in [0.717, 1.165) is 18.5 Å². The molecule has 0 bridgehead atoms. The van der Waals surface area contributed by atoms with Gasteiger partial charge < -0.3 is 14.2 Å². The smallest absolute Gasteiger partial charge is 0.387 e. The van der Waals surface area contributed by atoms with Crippen LogP contribution in [0.2, 0.25) is 0 Å². The number of carboxylic acids is 1. The number of aliphatic carboxylic acids is 1. The number of hydrogen-bond donors (Lipinski definition) is 1. The van der Waals surface area contributed by atoms with Gasteiger partial charge in [0.15, 0.2) is 0 Å². The van der Waals surface area contributed by atoms with E-state index in [9.17, 15) is 18.7 Å². The summed E-state index contributed by atoms with van der Waals surface area (Å²) in [6.45, 7) is -1.16. The minimum absolute atomic E-state index is 0.0809. The van der Waals surface area contributed by atoms with Crippen molar-refractivity contribution < 1.29 is 27.8 Å². The fourth-order valence-corrected chi connectivity index (χ4v) is 5.80. The second-order valence-electron chi connectivity index (χ2n) is 9.76. The van der Waals surface area contributed by atoms with Gasteiger partial charge in [-0.25, -0.2) is 19.3 Å². The van der Waals surface area contributed by atoms with E-state index < -0.39 is 18.4 Å². The maximum Gasteiger partial charge on any atom is 0.387 e. The lowest BCUT2D eigenvalue weighted by Crippen LogP contribution is -2.09. The summed E-state index contributed by atoms with van der Waals surface area (Å²) in [6, 6.07) is 7.89. The molecule has 4 aromatic rings. The summed E-state index contributed by atoms with van der Waals surface area (Å²) < 4.78 is 47.3. The number of rotatable bonds is 7. The summed E-state index contributed by atoms with van der Waals surface area (Å²) >= 11 is 0. The lowest BCUT2D eigenvalue weighted by molar-refractivity contribution is -0.139. The molecule has 2 fully saturated rings. The summed E-state index contributed by atoms with van der Waals surface area (Å²) in [4.78, 5) is 24.6. The Kier molecular flexibility index (Phi) is 5.62. The molecule has 4 atom stereocenters. The molecule has 1 N–H and O–H groups in total. The third-order valence-electron chi connectivity index (χ3n) is 7.63. The number of carboxylic acid groups (broad SMARTS) is 1. The number of aromatic nitrogens is 4. The van der Waals surface area contributed by atoms with Crippen LogP contribution >= 0.6 is 0 Å². The SMILES string of the molecule is Cc1nc2cc(F)c(-c3cnc(C4C[C@@H]5[C@H](C4)[C@H]5C(=O)O)nc3)cn2c1Cc1ccccc1OC(F)F. The molecular weight excluding hydrogens is 485 g/mol. The monoisotopic (exact) mass is 508 g/mol. The Balaban J connectivity index is 1.28. The van der Waals surface area contributed by atoms with Gasteiger partial charge in [-0.2, -0.15) is 8.78 Å². The van der Waals surface area contributed by atoms with E-state index in [0.29, 0.717) is 28.3 Å². The van der Waals surface area contributed by atoms with Gasteiger partial charge in [0.1, 0.15) is 23.0 Å². The molecule has 37 heavy (non-hydrogen) atoms. The van der Waals surface area contributed by atoms with E-state index in [1.54, 1.807) is 48.1 Å². The van der Waals surface area contributed by atoms with Gasteiger partial charge in [-0.15, -0.1) is 0 Å². The van der Waals surface area contributed by atoms with Gasteiger partial charge in [-0.05, 0) is 37.7 Å². The van der Waals surface area contributed by atoms with Gasteiger partial charge in [0.05, 0.1) is 11.6 Å². The molecule has 10 heteroatoms. The maximum absolute atomic E-state index is 15.1. The number of fused-ring (bicyclic) bond motifs is 2. The molecule has 2 aliphatic rings. The molecule has 2 aliphatic carbocycles. The summed E-state index contributed by atoms with van der Waals surface area (Å²) in [5, 5.41) is 9.22. The van der Waals surface area contributed by atoms with E-state index in [2.05, 4.69) is 19.7 Å².